The molecular weight excluding hydrogens is 416 g/mol. The van der Waals surface area contributed by atoms with Gasteiger partial charge in [-0.05, 0) is 31.0 Å². The van der Waals surface area contributed by atoms with Crippen molar-refractivity contribution in [2.24, 2.45) is 0 Å². The number of thiophene rings is 1. The maximum absolute atomic E-state index is 12.7. The van der Waals surface area contributed by atoms with Gasteiger partial charge in [-0.1, -0.05) is 37.3 Å². The number of aromatic nitrogens is 1. The summed E-state index contributed by atoms with van der Waals surface area (Å²) in [5.74, 6) is 1.15. The Balaban J connectivity index is 0.000000552. The van der Waals surface area contributed by atoms with Gasteiger partial charge in [0, 0.05) is 11.5 Å². The fourth-order valence-corrected chi connectivity index (χ4v) is 5.57. The Hall–Kier alpha value is -2.69. The van der Waals surface area contributed by atoms with Crippen LogP contribution in [0.5, 0.6) is 0 Å². The highest BCUT2D eigenvalue weighted by Gasteiger charge is 2.53. The third-order valence-electron chi connectivity index (χ3n) is 4.65. The number of hydrogen-bond acceptors (Lipinski definition) is 6. The molecule has 10 heteroatoms. The molecule has 4 rings (SSSR count). The fraction of sp³-hybridized carbons (Fsp3) is 0.263. The molecule has 0 bridgehead atoms. The summed E-state index contributed by atoms with van der Waals surface area (Å²) in [6, 6.07) is 13.3. The number of carboxylic acid groups (broad SMARTS) is 2. The largest absolute Gasteiger partial charge is 0.503 e. The molecule has 0 unspecified atom stereocenters. The highest BCUT2D eigenvalue weighted by molar-refractivity contribution is 7.91. The molecule has 3 N–H and O–H groups in total. The zero-order chi connectivity index (χ0) is 21.2. The Morgan fingerprint density at radius 2 is 1.90 bits per heavy atom. The standard InChI is InChI=1S/C18H18N2O3S2.CH2O3/c1-12-11-19-17(23-12)14-8-9-16(24-14)25(21,22)20-15-10-18(15,2)13-6-4-3-5-7-13;2-1(3)4/h3-9,11,15,20H,10H2,1-2H3;(H2,2,3,4)/t15-,18+;/m0./s1. The Morgan fingerprint density at radius 3 is 2.48 bits per heavy atom. The summed E-state index contributed by atoms with van der Waals surface area (Å²) in [5, 5.41) is 13.9. The third kappa shape index (κ3) is 4.84. The molecular formula is C19H20N2O6S2. The van der Waals surface area contributed by atoms with E-state index in [2.05, 4.69) is 16.6 Å². The molecule has 1 saturated carbocycles. The Labute approximate surface area is 171 Å². The monoisotopic (exact) mass is 436 g/mol. The van der Waals surface area contributed by atoms with E-state index >= 15 is 0 Å². The summed E-state index contributed by atoms with van der Waals surface area (Å²) in [6.07, 6.45) is 0.588. The van der Waals surface area contributed by atoms with E-state index in [-0.39, 0.29) is 15.7 Å². The molecule has 0 spiro atoms. The summed E-state index contributed by atoms with van der Waals surface area (Å²) in [6.45, 7) is 3.89. The van der Waals surface area contributed by atoms with Crippen LogP contribution in [0.2, 0.25) is 0 Å². The highest BCUT2D eigenvalue weighted by atomic mass is 32.2. The lowest BCUT2D eigenvalue weighted by atomic mass is 9.98. The second-order valence-electron chi connectivity index (χ2n) is 6.84. The molecule has 29 heavy (non-hydrogen) atoms. The van der Waals surface area contributed by atoms with Crippen molar-refractivity contribution in [1.29, 1.82) is 0 Å². The van der Waals surface area contributed by atoms with E-state index in [0.717, 1.165) is 12.0 Å². The van der Waals surface area contributed by atoms with Gasteiger partial charge in [0.1, 0.15) is 9.97 Å². The Kier molecular flexibility index (Phi) is 5.78. The van der Waals surface area contributed by atoms with Crippen molar-refractivity contribution in [2.75, 3.05) is 0 Å². The molecule has 0 amide bonds. The van der Waals surface area contributed by atoms with E-state index in [1.165, 1.54) is 11.3 Å². The number of carbonyl (C=O) groups is 1. The Morgan fingerprint density at radius 1 is 1.24 bits per heavy atom. The van der Waals surface area contributed by atoms with Crippen molar-refractivity contribution in [1.82, 2.24) is 9.71 Å². The van der Waals surface area contributed by atoms with Crippen LogP contribution in [0.15, 0.2) is 57.3 Å². The molecule has 0 radical (unpaired) electrons. The molecule has 1 aliphatic carbocycles. The van der Waals surface area contributed by atoms with Crippen LogP contribution in [0.4, 0.5) is 4.79 Å². The fourth-order valence-electron chi connectivity index (χ4n) is 2.97. The van der Waals surface area contributed by atoms with Gasteiger partial charge < -0.3 is 14.6 Å². The minimum absolute atomic E-state index is 0.0885. The number of oxazole rings is 1. The van der Waals surface area contributed by atoms with E-state index in [1.807, 2.05) is 30.3 Å². The molecule has 1 fully saturated rings. The normalized spacial score (nSPS) is 20.6. The minimum atomic E-state index is -3.56. The number of rotatable bonds is 5. The SMILES string of the molecule is Cc1cnc(-c2ccc(S(=O)(=O)N[C@H]3C[C@]3(C)c3ccccc3)s2)o1.O=C(O)O. The van der Waals surface area contributed by atoms with Crippen molar-refractivity contribution >= 4 is 27.5 Å². The summed E-state index contributed by atoms with van der Waals surface area (Å²) in [4.78, 5) is 13.4. The van der Waals surface area contributed by atoms with Gasteiger partial charge in [0.25, 0.3) is 0 Å². The predicted octanol–water partition coefficient (Wildman–Crippen LogP) is 3.94. The third-order valence-corrected chi connectivity index (χ3v) is 7.68. The average Bonchev–Trinajstić information content (AvgIpc) is 3.05. The van der Waals surface area contributed by atoms with Gasteiger partial charge in [-0.3, -0.25) is 0 Å². The van der Waals surface area contributed by atoms with Crippen LogP contribution in [-0.4, -0.2) is 35.8 Å². The molecule has 2 heterocycles. The molecule has 3 aromatic rings. The first-order valence-electron chi connectivity index (χ1n) is 8.64. The molecule has 8 nitrogen and oxygen atoms in total. The van der Waals surface area contributed by atoms with E-state index < -0.39 is 16.2 Å². The predicted molar refractivity (Wildman–Crippen MR) is 108 cm³/mol. The first-order valence-corrected chi connectivity index (χ1v) is 10.9. The summed E-state index contributed by atoms with van der Waals surface area (Å²) in [5.41, 5.74) is 1.01. The van der Waals surface area contributed by atoms with Crippen LogP contribution in [-0.2, 0) is 15.4 Å². The van der Waals surface area contributed by atoms with Gasteiger partial charge >= 0.3 is 6.16 Å². The van der Waals surface area contributed by atoms with Gasteiger partial charge in [0.15, 0.2) is 0 Å². The van der Waals surface area contributed by atoms with E-state index in [1.54, 1.807) is 25.3 Å². The van der Waals surface area contributed by atoms with Crippen molar-refractivity contribution in [3.05, 3.63) is 60.0 Å². The first-order chi connectivity index (χ1) is 13.6. The van der Waals surface area contributed by atoms with Gasteiger partial charge in [-0.15, -0.1) is 11.3 Å². The molecule has 1 aromatic carbocycles. The lowest BCUT2D eigenvalue weighted by molar-refractivity contribution is 0.137. The number of benzene rings is 1. The molecule has 1 aliphatic rings. The maximum atomic E-state index is 12.7. The van der Waals surface area contributed by atoms with Crippen molar-refractivity contribution in [3.63, 3.8) is 0 Å². The second kappa shape index (κ2) is 7.97. The topological polar surface area (TPSA) is 130 Å². The van der Waals surface area contributed by atoms with E-state index in [9.17, 15) is 8.42 Å². The molecule has 0 saturated heterocycles. The van der Waals surface area contributed by atoms with Gasteiger partial charge in [-0.25, -0.2) is 22.9 Å². The quantitative estimate of drug-likeness (QED) is 0.552. The Bertz CT molecular complexity index is 1100. The van der Waals surface area contributed by atoms with Crippen molar-refractivity contribution in [2.45, 2.75) is 35.9 Å². The van der Waals surface area contributed by atoms with Crippen LogP contribution in [0.3, 0.4) is 0 Å². The smallest absolute Gasteiger partial charge is 0.450 e. The van der Waals surface area contributed by atoms with E-state index in [0.29, 0.717) is 16.5 Å². The van der Waals surface area contributed by atoms with Crippen molar-refractivity contribution in [3.8, 4) is 10.8 Å². The molecule has 154 valence electrons. The minimum Gasteiger partial charge on any atom is -0.450 e. The number of nitrogens with one attached hydrogen (secondary N) is 1. The lowest BCUT2D eigenvalue weighted by Crippen LogP contribution is -2.29. The first kappa shape index (κ1) is 21.0. The number of nitrogens with zero attached hydrogens (tertiary/aromatic N) is 1. The molecule has 0 aliphatic heterocycles. The number of aryl methyl sites for hydroxylation is 1. The lowest BCUT2D eigenvalue weighted by Gasteiger charge is -2.12. The number of sulfonamides is 1. The number of hydrogen-bond donors (Lipinski definition) is 3. The maximum Gasteiger partial charge on any atom is 0.503 e. The molecule has 2 atom stereocenters. The van der Waals surface area contributed by atoms with Crippen LogP contribution in [0, 0.1) is 6.92 Å². The zero-order valence-corrected chi connectivity index (χ0v) is 17.3. The van der Waals surface area contributed by atoms with Crippen molar-refractivity contribution < 1.29 is 27.8 Å². The highest BCUT2D eigenvalue weighted by Crippen LogP contribution is 2.48. The average molecular weight is 437 g/mol. The second-order valence-corrected chi connectivity index (χ2v) is 9.86. The van der Waals surface area contributed by atoms with Crippen LogP contribution in [0.25, 0.3) is 10.8 Å². The zero-order valence-electron chi connectivity index (χ0n) is 15.7. The summed E-state index contributed by atoms with van der Waals surface area (Å²) >= 11 is 1.17. The van der Waals surface area contributed by atoms with Gasteiger partial charge in [-0.2, -0.15) is 0 Å². The van der Waals surface area contributed by atoms with Gasteiger partial charge in [0.2, 0.25) is 15.9 Å². The summed E-state index contributed by atoms with van der Waals surface area (Å²) < 4.78 is 34.0. The van der Waals surface area contributed by atoms with Crippen LogP contribution >= 0.6 is 11.3 Å². The van der Waals surface area contributed by atoms with E-state index in [4.69, 9.17) is 19.4 Å². The van der Waals surface area contributed by atoms with Crippen LogP contribution < -0.4 is 4.72 Å². The van der Waals surface area contributed by atoms with Gasteiger partial charge in [0.05, 0.1) is 11.1 Å². The molecule has 2 aromatic heterocycles. The summed E-state index contributed by atoms with van der Waals surface area (Å²) in [7, 11) is -3.56. The van der Waals surface area contributed by atoms with Crippen LogP contribution in [0.1, 0.15) is 24.7 Å².